The normalized spacial score (nSPS) is 24.1. The second-order valence-corrected chi connectivity index (χ2v) is 11.3. The van der Waals surface area contributed by atoms with Gasteiger partial charge in [-0.3, -0.25) is 4.79 Å². The number of amidine groups is 1. The molecule has 0 radical (unpaired) electrons. The fourth-order valence-corrected chi connectivity index (χ4v) is 7.80. The molecule has 0 spiro atoms. The Kier molecular flexibility index (Phi) is 5.48. The Morgan fingerprint density at radius 3 is 2.62 bits per heavy atom. The average Bonchev–Trinajstić information content (AvgIpc) is 3.10. The molecule has 2 heterocycles. The second-order valence-electron chi connectivity index (χ2n) is 7.55. The third-order valence-electron chi connectivity index (χ3n) is 5.18. The second kappa shape index (κ2) is 7.78. The van der Waals surface area contributed by atoms with E-state index < -0.39 is 9.84 Å². The number of hydrogen-bond donors (Lipinski definition) is 0. The van der Waals surface area contributed by atoms with Gasteiger partial charge in [-0.15, -0.1) is 0 Å². The van der Waals surface area contributed by atoms with Crippen LogP contribution in [0, 0.1) is 13.8 Å². The van der Waals surface area contributed by atoms with Crippen molar-refractivity contribution in [3.05, 3.63) is 64.2 Å². The first-order valence-electron chi connectivity index (χ1n) is 9.31. The number of thioether (sulfide) groups is 1. The number of anilines is 1. The molecule has 2 aliphatic rings. The topological polar surface area (TPSA) is 66.8 Å². The quantitative estimate of drug-likeness (QED) is 0.714. The first kappa shape index (κ1) is 20.4. The smallest absolute Gasteiger partial charge is 0.252 e. The van der Waals surface area contributed by atoms with Crippen LogP contribution in [0.15, 0.2) is 47.5 Å². The summed E-state index contributed by atoms with van der Waals surface area (Å²) in [5, 5.41) is 1.10. The molecule has 5 nitrogen and oxygen atoms in total. The Labute approximate surface area is 180 Å². The summed E-state index contributed by atoms with van der Waals surface area (Å²) in [6.45, 7) is 3.99. The van der Waals surface area contributed by atoms with Gasteiger partial charge < -0.3 is 4.90 Å². The van der Waals surface area contributed by atoms with Gasteiger partial charge in [0.05, 0.1) is 24.0 Å². The predicted octanol–water partition coefficient (Wildman–Crippen LogP) is 3.80. The lowest BCUT2D eigenvalue weighted by Gasteiger charge is -2.26. The van der Waals surface area contributed by atoms with Crippen LogP contribution in [0.4, 0.5) is 5.69 Å². The van der Waals surface area contributed by atoms with Crippen LogP contribution in [0.1, 0.15) is 16.7 Å². The summed E-state index contributed by atoms with van der Waals surface area (Å²) in [7, 11) is -3.09. The Morgan fingerprint density at radius 2 is 1.90 bits per heavy atom. The van der Waals surface area contributed by atoms with Crippen molar-refractivity contribution in [2.24, 2.45) is 4.99 Å². The van der Waals surface area contributed by atoms with E-state index in [9.17, 15) is 13.2 Å². The van der Waals surface area contributed by atoms with Crippen molar-refractivity contribution in [3.8, 4) is 0 Å². The highest BCUT2D eigenvalue weighted by Crippen LogP contribution is 2.42. The zero-order chi connectivity index (χ0) is 20.8. The molecule has 2 saturated heterocycles. The zero-order valence-corrected chi connectivity index (χ0v) is 18.5. The van der Waals surface area contributed by atoms with Gasteiger partial charge in [0.1, 0.15) is 0 Å². The van der Waals surface area contributed by atoms with Gasteiger partial charge in [0.15, 0.2) is 15.0 Å². The van der Waals surface area contributed by atoms with Crippen molar-refractivity contribution in [2.45, 2.75) is 31.6 Å². The molecule has 152 valence electrons. The van der Waals surface area contributed by atoms with Gasteiger partial charge in [0.25, 0.3) is 5.91 Å². The minimum atomic E-state index is -3.09. The average molecular weight is 449 g/mol. The lowest BCUT2D eigenvalue weighted by atomic mass is 10.1. The van der Waals surface area contributed by atoms with Crippen LogP contribution in [0.5, 0.6) is 0 Å². The number of nitrogens with zero attached hydrogens (tertiary/aromatic N) is 2. The van der Waals surface area contributed by atoms with Gasteiger partial charge >= 0.3 is 0 Å². The van der Waals surface area contributed by atoms with Crippen molar-refractivity contribution >= 4 is 50.0 Å². The SMILES string of the molecule is Cc1ccc(C)c(N2C(=NC(=O)Cc3ccc(Cl)cc3)S[C@@H]3CS(=O)(=O)C[C@@H]32)c1. The minimum absolute atomic E-state index is 0.0858. The molecule has 0 unspecified atom stereocenters. The number of hydrogen-bond acceptors (Lipinski definition) is 4. The molecule has 4 rings (SSSR count). The number of amides is 1. The number of carbonyl (C=O) groups excluding carboxylic acids is 1. The summed E-state index contributed by atoms with van der Waals surface area (Å²) >= 11 is 7.30. The molecule has 2 atom stereocenters. The Hall–Kier alpha value is -1.83. The first-order chi connectivity index (χ1) is 13.7. The lowest BCUT2D eigenvalue weighted by Crippen LogP contribution is -2.38. The first-order valence-corrected chi connectivity index (χ1v) is 12.4. The Balaban J connectivity index is 1.67. The van der Waals surface area contributed by atoms with Crippen molar-refractivity contribution < 1.29 is 13.2 Å². The lowest BCUT2D eigenvalue weighted by molar-refractivity contribution is -0.117. The molecule has 8 heteroatoms. The molecular weight excluding hydrogens is 428 g/mol. The molecule has 2 aliphatic heterocycles. The number of aryl methyl sites for hydroxylation is 2. The van der Waals surface area contributed by atoms with Gasteiger partial charge in [-0.1, -0.05) is 47.6 Å². The highest BCUT2D eigenvalue weighted by atomic mass is 35.5. The summed E-state index contributed by atoms with van der Waals surface area (Å²) in [5.74, 6) is -0.0516. The van der Waals surface area contributed by atoms with E-state index in [0.717, 1.165) is 22.4 Å². The summed E-state index contributed by atoms with van der Waals surface area (Å²) in [6.07, 6.45) is 0.176. The van der Waals surface area contributed by atoms with Gasteiger partial charge in [0.2, 0.25) is 0 Å². The molecule has 1 amide bonds. The van der Waals surface area contributed by atoms with E-state index in [-0.39, 0.29) is 35.1 Å². The molecule has 29 heavy (non-hydrogen) atoms. The molecule has 2 aromatic rings. The number of benzene rings is 2. The van der Waals surface area contributed by atoms with Crippen LogP contribution in [0.2, 0.25) is 5.02 Å². The van der Waals surface area contributed by atoms with Gasteiger partial charge in [0, 0.05) is 16.0 Å². The molecule has 0 bridgehead atoms. The van der Waals surface area contributed by atoms with Crippen molar-refractivity contribution in [3.63, 3.8) is 0 Å². The van der Waals surface area contributed by atoms with Gasteiger partial charge in [-0.25, -0.2) is 8.42 Å². The van der Waals surface area contributed by atoms with E-state index in [1.165, 1.54) is 11.8 Å². The predicted molar refractivity (Wildman–Crippen MR) is 120 cm³/mol. The van der Waals surface area contributed by atoms with Gasteiger partial charge in [-0.05, 0) is 48.7 Å². The molecule has 0 aromatic heterocycles. The molecule has 0 aliphatic carbocycles. The largest absolute Gasteiger partial charge is 0.315 e. The highest BCUT2D eigenvalue weighted by molar-refractivity contribution is 8.16. The number of fused-ring (bicyclic) bond motifs is 1. The number of aliphatic imine (C=N–C) groups is 1. The molecular formula is C21H21ClN2O3S2. The fraction of sp³-hybridized carbons (Fsp3) is 0.333. The van der Waals surface area contributed by atoms with Crippen LogP contribution >= 0.6 is 23.4 Å². The summed E-state index contributed by atoms with van der Waals surface area (Å²) in [6, 6.07) is 13.0. The van der Waals surface area contributed by atoms with E-state index in [4.69, 9.17) is 11.6 Å². The van der Waals surface area contributed by atoms with E-state index in [1.807, 2.05) is 49.1 Å². The molecule has 0 N–H and O–H groups in total. The fourth-order valence-electron chi connectivity index (χ4n) is 3.75. The number of sulfone groups is 1. The van der Waals surface area contributed by atoms with Crippen LogP contribution in [0.25, 0.3) is 0 Å². The number of carbonyl (C=O) groups is 1. The minimum Gasteiger partial charge on any atom is -0.315 e. The summed E-state index contributed by atoms with van der Waals surface area (Å²) in [5.41, 5.74) is 3.86. The van der Waals surface area contributed by atoms with E-state index in [0.29, 0.717) is 10.2 Å². The molecule has 2 fully saturated rings. The van der Waals surface area contributed by atoms with E-state index in [2.05, 4.69) is 4.99 Å². The van der Waals surface area contributed by atoms with E-state index >= 15 is 0 Å². The van der Waals surface area contributed by atoms with E-state index in [1.54, 1.807) is 12.1 Å². The number of halogens is 1. The Morgan fingerprint density at radius 1 is 1.17 bits per heavy atom. The van der Waals surface area contributed by atoms with Crippen LogP contribution in [0.3, 0.4) is 0 Å². The monoisotopic (exact) mass is 448 g/mol. The van der Waals surface area contributed by atoms with Crippen LogP contribution in [-0.2, 0) is 21.1 Å². The maximum absolute atomic E-state index is 12.7. The van der Waals surface area contributed by atoms with Crippen LogP contribution < -0.4 is 4.90 Å². The van der Waals surface area contributed by atoms with Crippen LogP contribution in [-0.4, -0.2) is 42.3 Å². The van der Waals surface area contributed by atoms with Crippen molar-refractivity contribution in [2.75, 3.05) is 16.4 Å². The summed E-state index contributed by atoms with van der Waals surface area (Å²) in [4.78, 5) is 19.0. The maximum atomic E-state index is 12.7. The van der Waals surface area contributed by atoms with Gasteiger partial charge in [-0.2, -0.15) is 4.99 Å². The molecule has 2 aromatic carbocycles. The third-order valence-corrected chi connectivity index (χ3v) is 8.64. The Bertz CT molecular complexity index is 1100. The standard InChI is InChI=1S/C21H21ClN2O3S2/c1-13-3-4-14(2)17(9-13)24-18-11-29(26,27)12-19(18)28-21(24)23-20(25)10-15-5-7-16(22)8-6-15/h3-9,18-19H,10-12H2,1-2H3/t18-,19+/m0/s1. The molecule has 0 saturated carbocycles. The third kappa shape index (κ3) is 4.37. The highest BCUT2D eigenvalue weighted by Gasteiger charge is 2.49. The number of rotatable bonds is 3. The maximum Gasteiger partial charge on any atom is 0.252 e. The van der Waals surface area contributed by atoms with Crippen molar-refractivity contribution in [1.29, 1.82) is 0 Å². The summed E-state index contributed by atoms with van der Waals surface area (Å²) < 4.78 is 24.4. The van der Waals surface area contributed by atoms with Crippen molar-refractivity contribution in [1.82, 2.24) is 0 Å². The zero-order valence-electron chi connectivity index (χ0n) is 16.1.